The summed E-state index contributed by atoms with van der Waals surface area (Å²) in [6.07, 6.45) is 1.57. The number of aromatic nitrogens is 2. The molecular weight excluding hydrogens is 360 g/mol. The molecule has 0 saturated heterocycles. The zero-order valence-corrected chi connectivity index (χ0v) is 15.7. The van der Waals surface area contributed by atoms with Gasteiger partial charge in [0.2, 0.25) is 0 Å². The summed E-state index contributed by atoms with van der Waals surface area (Å²) < 4.78 is 6.80. The minimum absolute atomic E-state index is 0.0807. The maximum Gasteiger partial charge on any atom is 0.313 e. The van der Waals surface area contributed by atoms with Gasteiger partial charge >= 0.3 is 5.97 Å². The highest BCUT2D eigenvalue weighted by molar-refractivity contribution is 7.18. The van der Waals surface area contributed by atoms with Gasteiger partial charge in [0, 0.05) is 16.4 Å². The van der Waals surface area contributed by atoms with E-state index in [1.165, 1.54) is 22.2 Å². The first-order chi connectivity index (χ1) is 11.9. The quantitative estimate of drug-likeness (QED) is 0.509. The van der Waals surface area contributed by atoms with Gasteiger partial charge in [-0.25, -0.2) is 4.98 Å². The molecule has 5 nitrogen and oxygen atoms in total. The van der Waals surface area contributed by atoms with E-state index in [0.717, 1.165) is 20.8 Å². The molecule has 0 unspecified atom stereocenters. The minimum Gasteiger partial charge on any atom is -0.426 e. The number of nitrogens with zero attached hydrogens (tertiary/aromatic N) is 2. The average Bonchev–Trinajstić information content (AvgIpc) is 2.85. The number of carbonyl (C=O) groups is 1. The molecule has 0 aliphatic heterocycles. The van der Waals surface area contributed by atoms with Crippen molar-refractivity contribution in [3.05, 3.63) is 55.9 Å². The predicted octanol–water partition coefficient (Wildman–Crippen LogP) is 4.03. The molecule has 25 heavy (non-hydrogen) atoms. The molecule has 0 fully saturated rings. The van der Waals surface area contributed by atoms with Gasteiger partial charge in [-0.15, -0.1) is 11.3 Å². The fourth-order valence-corrected chi connectivity index (χ4v) is 3.76. The van der Waals surface area contributed by atoms with Gasteiger partial charge < -0.3 is 4.74 Å². The molecule has 0 bridgehead atoms. The summed E-state index contributed by atoms with van der Waals surface area (Å²) in [7, 11) is 0. The van der Waals surface area contributed by atoms with Crippen molar-refractivity contribution in [2.45, 2.75) is 33.7 Å². The Balaban J connectivity index is 1.74. The Morgan fingerprint density at radius 1 is 1.32 bits per heavy atom. The van der Waals surface area contributed by atoms with Gasteiger partial charge in [-0.3, -0.25) is 14.2 Å². The summed E-state index contributed by atoms with van der Waals surface area (Å²) >= 11 is 7.39. The zero-order chi connectivity index (χ0) is 18.1. The van der Waals surface area contributed by atoms with Crippen LogP contribution in [0, 0.1) is 20.8 Å². The standard InChI is InChI=1S/C18H17ClN2O3S/c1-10-8-13(19)4-5-14(10)24-15(22)6-7-21-9-20-17-16(18(21)23)11(2)12(3)25-17/h4-5,8-9H,6-7H2,1-3H3. The number of esters is 1. The second kappa shape index (κ2) is 6.98. The van der Waals surface area contributed by atoms with Crippen molar-refractivity contribution in [1.29, 1.82) is 0 Å². The van der Waals surface area contributed by atoms with Crippen molar-refractivity contribution >= 4 is 39.1 Å². The monoisotopic (exact) mass is 376 g/mol. The van der Waals surface area contributed by atoms with Crippen LogP contribution in [-0.4, -0.2) is 15.5 Å². The number of fused-ring (bicyclic) bond motifs is 1. The Hall–Kier alpha value is -2.18. The number of rotatable bonds is 4. The first kappa shape index (κ1) is 17.6. The average molecular weight is 377 g/mol. The second-order valence-corrected chi connectivity index (χ2v) is 7.48. The molecule has 0 aliphatic carbocycles. The molecule has 0 amide bonds. The Morgan fingerprint density at radius 3 is 2.80 bits per heavy atom. The van der Waals surface area contributed by atoms with E-state index in [2.05, 4.69) is 4.98 Å². The molecule has 0 N–H and O–H groups in total. The van der Waals surface area contributed by atoms with Crippen molar-refractivity contribution in [3.8, 4) is 5.75 Å². The van der Waals surface area contributed by atoms with Crippen LogP contribution in [0.2, 0.25) is 5.02 Å². The predicted molar refractivity (Wildman–Crippen MR) is 99.8 cm³/mol. The maximum atomic E-state index is 12.6. The number of ether oxygens (including phenoxy) is 1. The third kappa shape index (κ3) is 3.60. The third-order valence-electron chi connectivity index (χ3n) is 4.07. The lowest BCUT2D eigenvalue weighted by Crippen LogP contribution is -2.23. The van der Waals surface area contributed by atoms with E-state index in [-0.39, 0.29) is 18.5 Å². The molecular formula is C18H17ClN2O3S. The number of halogens is 1. The van der Waals surface area contributed by atoms with Gasteiger partial charge in [-0.05, 0) is 50.1 Å². The molecule has 0 aliphatic rings. The van der Waals surface area contributed by atoms with Crippen molar-refractivity contribution in [2.24, 2.45) is 0 Å². The lowest BCUT2D eigenvalue weighted by Gasteiger charge is -2.08. The van der Waals surface area contributed by atoms with Crippen LogP contribution >= 0.6 is 22.9 Å². The Kier molecular flexibility index (Phi) is 4.92. The van der Waals surface area contributed by atoms with Crippen molar-refractivity contribution in [3.63, 3.8) is 0 Å². The van der Waals surface area contributed by atoms with Crippen molar-refractivity contribution in [2.75, 3.05) is 0 Å². The Morgan fingerprint density at radius 2 is 2.08 bits per heavy atom. The molecule has 0 spiro atoms. The highest BCUT2D eigenvalue weighted by atomic mass is 35.5. The number of thiophene rings is 1. The van der Waals surface area contributed by atoms with Crippen molar-refractivity contribution < 1.29 is 9.53 Å². The molecule has 1 aromatic carbocycles. The van der Waals surface area contributed by atoms with Gasteiger partial charge in [-0.1, -0.05) is 11.6 Å². The third-order valence-corrected chi connectivity index (χ3v) is 5.42. The first-order valence-electron chi connectivity index (χ1n) is 7.79. The largest absolute Gasteiger partial charge is 0.426 e. The van der Waals surface area contributed by atoms with Crippen LogP contribution in [0.1, 0.15) is 22.4 Å². The van der Waals surface area contributed by atoms with Crippen LogP contribution in [0.25, 0.3) is 10.2 Å². The summed E-state index contributed by atoms with van der Waals surface area (Å²) in [5.74, 6) is 0.0651. The zero-order valence-electron chi connectivity index (χ0n) is 14.1. The number of benzene rings is 1. The molecule has 0 saturated carbocycles. The summed E-state index contributed by atoms with van der Waals surface area (Å²) in [5.41, 5.74) is 1.61. The van der Waals surface area contributed by atoms with Crippen LogP contribution in [0.15, 0.2) is 29.3 Å². The summed E-state index contributed by atoms with van der Waals surface area (Å²) in [6.45, 7) is 5.93. The molecule has 3 aromatic rings. The lowest BCUT2D eigenvalue weighted by atomic mass is 10.2. The van der Waals surface area contributed by atoms with Gasteiger partial charge in [-0.2, -0.15) is 0 Å². The lowest BCUT2D eigenvalue weighted by molar-refractivity contribution is -0.134. The van der Waals surface area contributed by atoms with E-state index in [4.69, 9.17) is 16.3 Å². The fourth-order valence-electron chi connectivity index (χ4n) is 2.54. The highest BCUT2D eigenvalue weighted by Gasteiger charge is 2.13. The van der Waals surface area contributed by atoms with Crippen LogP contribution in [0.5, 0.6) is 5.75 Å². The smallest absolute Gasteiger partial charge is 0.313 e. The molecule has 130 valence electrons. The highest BCUT2D eigenvalue weighted by Crippen LogP contribution is 2.25. The van der Waals surface area contributed by atoms with E-state index in [9.17, 15) is 9.59 Å². The Bertz CT molecular complexity index is 1020. The summed E-state index contributed by atoms with van der Waals surface area (Å²) in [4.78, 5) is 30.8. The van der Waals surface area contributed by atoms with Crippen LogP contribution in [-0.2, 0) is 11.3 Å². The number of hydrogen-bond donors (Lipinski definition) is 0. The van der Waals surface area contributed by atoms with E-state index in [1.54, 1.807) is 18.2 Å². The normalized spacial score (nSPS) is 11.0. The number of hydrogen-bond acceptors (Lipinski definition) is 5. The van der Waals surface area contributed by atoms with Crippen LogP contribution < -0.4 is 10.3 Å². The fraction of sp³-hybridized carbons (Fsp3) is 0.278. The molecule has 2 heterocycles. The van der Waals surface area contributed by atoms with Gasteiger partial charge in [0.1, 0.15) is 10.6 Å². The van der Waals surface area contributed by atoms with Gasteiger partial charge in [0.25, 0.3) is 5.56 Å². The first-order valence-corrected chi connectivity index (χ1v) is 8.98. The Labute approximate surface area is 153 Å². The minimum atomic E-state index is -0.407. The van der Waals surface area contributed by atoms with E-state index < -0.39 is 5.97 Å². The topological polar surface area (TPSA) is 61.2 Å². The van der Waals surface area contributed by atoms with Crippen LogP contribution in [0.4, 0.5) is 0 Å². The van der Waals surface area contributed by atoms with Gasteiger partial charge in [0.05, 0.1) is 18.1 Å². The second-order valence-electron chi connectivity index (χ2n) is 5.84. The van der Waals surface area contributed by atoms with E-state index in [0.29, 0.717) is 16.2 Å². The molecule has 7 heteroatoms. The van der Waals surface area contributed by atoms with E-state index >= 15 is 0 Å². The molecule has 0 atom stereocenters. The van der Waals surface area contributed by atoms with Crippen molar-refractivity contribution in [1.82, 2.24) is 9.55 Å². The maximum absolute atomic E-state index is 12.6. The van der Waals surface area contributed by atoms with Crippen LogP contribution in [0.3, 0.4) is 0 Å². The number of aryl methyl sites for hydroxylation is 4. The molecule has 2 aromatic heterocycles. The molecule has 3 rings (SSSR count). The SMILES string of the molecule is Cc1cc(Cl)ccc1OC(=O)CCn1cnc2sc(C)c(C)c2c1=O. The van der Waals surface area contributed by atoms with Gasteiger partial charge in [0.15, 0.2) is 0 Å². The number of carbonyl (C=O) groups excluding carboxylic acids is 1. The summed E-state index contributed by atoms with van der Waals surface area (Å²) in [5, 5.41) is 1.22. The summed E-state index contributed by atoms with van der Waals surface area (Å²) in [6, 6.07) is 5.06. The molecule has 0 radical (unpaired) electrons. The van der Waals surface area contributed by atoms with E-state index in [1.807, 2.05) is 20.8 Å².